The van der Waals surface area contributed by atoms with Crippen molar-refractivity contribution in [3.05, 3.63) is 33.8 Å². The molecule has 1 aliphatic carbocycles. The lowest BCUT2D eigenvalue weighted by atomic mass is 9.78. The summed E-state index contributed by atoms with van der Waals surface area (Å²) >= 11 is 3.60. The first-order chi connectivity index (χ1) is 8.75. The smallest absolute Gasteiger partial charge is 0.0286 e. The molecule has 0 spiro atoms. The standard InChI is InChI=1S/C15H21BrN2.2ClH/c1-18-8-7-17-10-15(18)14-4-2-3-11-9-12(16)5-6-13(11)14;;/h5-6,9,14-15,17H,2-4,7-8,10H2,1H3;2*1H. The summed E-state index contributed by atoms with van der Waals surface area (Å²) < 4.78 is 1.22. The van der Waals surface area contributed by atoms with Crippen LogP contribution in [0.2, 0.25) is 0 Å². The molecule has 0 aromatic heterocycles. The molecule has 2 nitrogen and oxygen atoms in total. The average Bonchev–Trinajstić information content (AvgIpc) is 2.38. The van der Waals surface area contributed by atoms with Crippen molar-refractivity contribution in [3.63, 3.8) is 0 Å². The fourth-order valence-corrected chi connectivity index (χ4v) is 3.91. The zero-order chi connectivity index (χ0) is 12.5. The molecule has 1 aliphatic heterocycles. The van der Waals surface area contributed by atoms with Crippen LogP contribution in [0.5, 0.6) is 0 Å². The van der Waals surface area contributed by atoms with Gasteiger partial charge in [-0.05, 0) is 49.6 Å². The molecule has 2 unspecified atom stereocenters. The van der Waals surface area contributed by atoms with E-state index in [9.17, 15) is 0 Å². The average molecular weight is 382 g/mol. The van der Waals surface area contributed by atoms with E-state index in [4.69, 9.17) is 0 Å². The van der Waals surface area contributed by atoms with E-state index in [0.717, 1.165) is 13.1 Å². The second-order valence-electron chi connectivity index (χ2n) is 5.59. The zero-order valence-electron chi connectivity index (χ0n) is 11.8. The van der Waals surface area contributed by atoms with Crippen LogP contribution in [0, 0.1) is 0 Å². The molecule has 1 saturated heterocycles. The summed E-state index contributed by atoms with van der Waals surface area (Å²) in [6.45, 7) is 3.44. The van der Waals surface area contributed by atoms with Crippen molar-refractivity contribution in [1.29, 1.82) is 0 Å². The summed E-state index contributed by atoms with van der Waals surface area (Å²) in [6, 6.07) is 7.52. The maximum atomic E-state index is 3.60. The minimum absolute atomic E-state index is 0. The third kappa shape index (κ3) is 3.69. The second kappa shape index (κ2) is 8.00. The van der Waals surface area contributed by atoms with Gasteiger partial charge in [0.15, 0.2) is 0 Å². The van der Waals surface area contributed by atoms with Crippen LogP contribution < -0.4 is 5.32 Å². The first-order valence-electron chi connectivity index (χ1n) is 6.95. The number of nitrogens with zero attached hydrogens (tertiary/aromatic N) is 1. The van der Waals surface area contributed by atoms with Crippen molar-refractivity contribution >= 4 is 40.7 Å². The molecule has 20 heavy (non-hydrogen) atoms. The maximum absolute atomic E-state index is 3.60. The highest BCUT2D eigenvalue weighted by Crippen LogP contribution is 2.37. The van der Waals surface area contributed by atoms with E-state index in [1.165, 1.54) is 30.3 Å². The molecule has 1 aromatic rings. The van der Waals surface area contributed by atoms with Crippen LogP contribution in [0.1, 0.15) is 29.9 Å². The van der Waals surface area contributed by atoms with Gasteiger partial charge in [0.2, 0.25) is 0 Å². The molecule has 0 radical (unpaired) electrons. The number of nitrogens with one attached hydrogen (secondary N) is 1. The van der Waals surface area contributed by atoms with Crippen molar-refractivity contribution in [3.8, 4) is 0 Å². The van der Waals surface area contributed by atoms with E-state index in [-0.39, 0.29) is 24.8 Å². The number of halogens is 3. The van der Waals surface area contributed by atoms with Gasteiger partial charge in [-0.3, -0.25) is 0 Å². The lowest BCUT2D eigenvalue weighted by molar-refractivity contribution is 0.164. The van der Waals surface area contributed by atoms with E-state index in [1.54, 1.807) is 11.1 Å². The third-order valence-corrected chi connectivity index (χ3v) is 4.98. The monoisotopic (exact) mass is 380 g/mol. The second-order valence-corrected chi connectivity index (χ2v) is 6.51. The molecule has 0 amide bonds. The van der Waals surface area contributed by atoms with Gasteiger partial charge >= 0.3 is 0 Å². The number of hydrogen-bond acceptors (Lipinski definition) is 2. The van der Waals surface area contributed by atoms with Crippen molar-refractivity contribution in [2.24, 2.45) is 0 Å². The van der Waals surface area contributed by atoms with Gasteiger partial charge in [-0.2, -0.15) is 0 Å². The van der Waals surface area contributed by atoms with Crippen molar-refractivity contribution < 1.29 is 0 Å². The molecule has 114 valence electrons. The van der Waals surface area contributed by atoms with Crippen LogP contribution in [-0.4, -0.2) is 37.6 Å². The topological polar surface area (TPSA) is 15.3 Å². The van der Waals surface area contributed by atoms with Crippen LogP contribution in [0.4, 0.5) is 0 Å². The molecular formula is C15H23BrCl2N2. The van der Waals surface area contributed by atoms with E-state index < -0.39 is 0 Å². The number of piperazine rings is 1. The summed E-state index contributed by atoms with van der Waals surface area (Å²) in [7, 11) is 2.28. The van der Waals surface area contributed by atoms with Crippen LogP contribution in [0.25, 0.3) is 0 Å². The Kier molecular flexibility index (Phi) is 7.30. The summed E-state index contributed by atoms with van der Waals surface area (Å²) in [4.78, 5) is 2.54. The molecule has 3 rings (SSSR count). The molecule has 0 bridgehead atoms. The number of rotatable bonds is 1. The molecule has 1 heterocycles. The molecule has 1 aromatic carbocycles. The normalized spacial score (nSPS) is 26.1. The highest BCUT2D eigenvalue weighted by molar-refractivity contribution is 9.10. The summed E-state index contributed by atoms with van der Waals surface area (Å²) in [5.74, 6) is 0.708. The van der Waals surface area contributed by atoms with Crippen molar-refractivity contribution in [2.45, 2.75) is 31.2 Å². The molecule has 2 aliphatic rings. The predicted molar refractivity (Wildman–Crippen MR) is 93.6 cm³/mol. The van der Waals surface area contributed by atoms with E-state index in [1.807, 2.05) is 0 Å². The predicted octanol–water partition coefficient (Wildman–Crippen LogP) is 3.62. The van der Waals surface area contributed by atoms with Gasteiger partial charge in [0.25, 0.3) is 0 Å². The highest BCUT2D eigenvalue weighted by atomic mass is 79.9. The third-order valence-electron chi connectivity index (χ3n) is 4.49. The first-order valence-corrected chi connectivity index (χ1v) is 7.74. The summed E-state index contributed by atoms with van der Waals surface area (Å²) in [5, 5.41) is 3.55. The lowest BCUT2D eigenvalue weighted by Crippen LogP contribution is -2.52. The summed E-state index contributed by atoms with van der Waals surface area (Å²) in [5.41, 5.74) is 3.14. The fraction of sp³-hybridized carbons (Fsp3) is 0.600. The van der Waals surface area contributed by atoms with Gasteiger partial charge in [0, 0.05) is 36.1 Å². The minimum atomic E-state index is 0. The Balaban J connectivity index is 0.000001000. The minimum Gasteiger partial charge on any atom is -0.314 e. The number of aryl methyl sites for hydroxylation is 1. The number of benzene rings is 1. The van der Waals surface area contributed by atoms with Gasteiger partial charge in [0.05, 0.1) is 0 Å². The molecule has 1 fully saturated rings. The van der Waals surface area contributed by atoms with Crippen molar-refractivity contribution in [1.82, 2.24) is 10.2 Å². The zero-order valence-corrected chi connectivity index (χ0v) is 15.0. The van der Waals surface area contributed by atoms with Gasteiger partial charge in [-0.25, -0.2) is 0 Å². The lowest BCUT2D eigenvalue weighted by Gasteiger charge is -2.41. The quantitative estimate of drug-likeness (QED) is 0.799. The summed E-state index contributed by atoms with van der Waals surface area (Å²) in [6.07, 6.45) is 3.92. The molecule has 5 heteroatoms. The number of likely N-dealkylation sites (N-methyl/N-ethyl adjacent to an activating group) is 1. The van der Waals surface area contributed by atoms with Gasteiger partial charge < -0.3 is 10.2 Å². The first kappa shape index (κ1) is 18.2. The Hall–Kier alpha value is 0.200. The van der Waals surface area contributed by atoms with Crippen LogP contribution >= 0.6 is 40.7 Å². The van der Waals surface area contributed by atoms with Crippen molar-refractivity contribution in [2.75, 3.05) is 26.7 Å². The Morgan fingerprint density at radius 1 is 1.30 bits per heavy atom. The highest BCUT2D eigenvalue weighted by Gasteiger charge is 2.31. The maximum Gasteiger partial charge on any atom is 0.0286 e. The Morgan fingerprint density at radius 2 is 2.10 bits per heavy atom. The van der Waals surface area contributed by atoms with Gasteiger partial charge in [-0.1, -0.05) is 22.0 Å². The SMILES string of the molecule is CN1CCNCC1C1CCCc2cc(Br)ccc21.Cl.Cl. The van der Waals surface area contributed by atoms with Crippen LogP contribution in [-0.2, 0) is 6.42 Å². The van der Waals surface area contributed by atoms with Crippen LogP contribution in [0.3, 0.4) is 0 Å². The Labute approximate surface area is 142 Å². The Morgan fingerprint density at radius 3 is 2.85 bits per heavy atom. The van der Waals surface area contributed by atoms with E-state index in [2.05, 4.69) is 51.4 Å². The fourth-order valence-electron chi connectivity index (χ4n) is 3.50. The molecule has 2 atom stereocenters. The number of fused-ring (bicyclic) bond motifs is 1. The number of hydrogen-bond donors (Lipinski definition) is 1. The van der Waals surface area contributed by atoms with Gasteiger partial charge in [-0.15, -0.1) is 24.8 Å². The Bertz CT molecular complexity index is 442. The van der Waals surface area contributed by atoms with Gasteiger partial charge in [0.1, 0.15) is 0 Å². The largest absolute Gasteiger partial charge is 0.314 e. The molecule has 0 saturated carbocycles. The molecule has 1 N–H and O–H groups in total. The molecular weight excluding hydrogens is 359 g/mol. The van der Waals surface area contributed by atoms with Crippen LogP contribution in [0.15, 0.2) is 22.7 Å². The van der Waals surface area contributed by atoms with E-state index in [0.29, 0.717) is 12.0 Å². The van der Waals surface area contributed by atoms with E-state index >= 15 is 0 Å².